The van der Waals surface area contributed by atoms with Gasteiger partial charge in [-0.3, -0.25) is 4.79 Å². The van der Waals surface area contributed by atoms with Crippen LogP contribution in [0.25, 0.3) is 0 Å². The van der Waals surface area contributed by atoms with E-state index in [0.717, 1.165) is 9.79 Å². The average Bonchev–Trinajstić information content (AvgIpc) is 3.09. The zero-order chi connectivity index (χ0) is 18.4. The minimum Gasteiger partial charge on any atom is -0.450 e. The van der Waals surface area contributed by atoms with Crippen molar-refractivity contribution in [2.24, 2.45) is 0 Å². The van der Waals surface area contributed by atoms with Gasteiger partial charge in [-0.05, 0) is 52.3 Å². The van der Waals surface area contributed by atoms with Gasteiger partial charge < -0.3 is 14.5 Å². The van der Waals surface area contributed by atoms with Crippen molar-refractivity contribution in [2.45, 2.75) is 9.79 Å². The zero-order valence-corrected chi connectivity index (χ0v) is 15.9. The molecule has 0 radical (unpaired) electrons. The monoisotopic (exact) mass is 431 g/mol. The maximum atomic E-state index is 12.1. The molecule has 1 amide bonds. The van der Waals surface area contributed by atoms with Gasteiger partial charge in [0.2, 0.25) is 5.76 Å². The molecule has 132 valence electrons. The minimum absolute atomic E-state index is 0.0321. The third kappa shape index (κ3) is 5.00. The minimum atomic E-state index is -0.696. The Labute approximate surface area is 162 Å². The number of rotatable bonds is 6. The second kappa shape index (κ2) is 8.73. The number of anilines is 1. The molecule has 0 fully saturated rings. The van der Waals surface area contributed by atoms with Crippen LogP contribution in [0, 0.1) is 0 Å². The summed E-state index contributed by atoms with van der Waals surface area (Å²) >= 11 is 4.64. The summed E-state index contributed by atoms with van der Waals surface area (Å²) < 4.78 is 10.5. The highest BCUT2D eigenvalue weighted by Crippen LogP contribution is 2.33. The Kier molecular flexibility index (Phi) is 6.14. The van der Waals surface area contributed by atoms with E-state index in [0.29, 0.717) is 10.4 Å². The summed E-state index contributed by atoms with van der Waals surface area (Å²) in [5.74, 6) is -1.09. The van der Waals surface area contributed by atoms with Gasteiger partial charge in [-0.2, -0.15) is 0 Å². The Morgan fingerprint density at radius 2 is 1.73 bits per heavy atom. The first-order chi connectivity index (χ1) is 12.6. The molecular weight excluding hydrogens is 418 g/mol. The van der Waals surface area contributed by atoms with Crippen LogP contribution in [0.1, 0.15) is 10.6 Å². The van der Waals surface area contributed by atoms with E-state index in [2.05, 4.69) is 21.2 Å². The number of carbonyl (C=O) groups excluding carboxylic acids is 2. The van der Waals surface area contributed by atoms with Crippen LogP contribution in [0.3, 0.4) is 0 Å². The van der Waals surface area contributed by atoms with Gasteiger partial charge in [0.25, 0.3) is 5.91 Å². The first-order valence-corrected chi connectivity index (χ1v) is 9.27. The predicted molar refractivity (Wildman–Crippen MR) is 102 cm³/mol. The molecule has 3 rings (SSSR count). The molecule has 1 heterocycles. The van der Waals surface area contributed by atoms with E-state index in [9.17, 15) is 9.59 Å². The summed E-state index contributed by atoms with van der Waals surface area (Å²) in [5.41, 5.74) is 0.656. The molecule has 26 heavy (non-hydrogen) atoms. The highest BCUT2D eigenvalue weighted by molar-refractivity contribution is 9.10. The molecule has 7 heteroatoms. The standard InChI is InChI=1S/C19H14BrNO4S/c20-17-11-10-15(25-17)19(23)24-12-18(22)21-14-8-4-5-9-16(14)26-13-6-2-1-3-7-13/h1-11H,12H2,(H,21,22). The molecule has 0 atom stereocenters. The van der Waals surface area contributed by atoms with Crippen molar-refractivity contribution in [1.29, 1.82) is 0 Å². The number of para-hydroxylation sites is 1. The smallest absolute Gasteiger partial charge is 0.374 e. The van der Waals surface area contributed by atoms with Crippen LogP contribution < -0.4 is 5.32 Å². The summed E-state index contributed by atoms with van der Waals surface area (Å²) in [7, 11) is 0. The Hall–Kier alpha value is -2.51. The molecule has 0 aliphatic heterocycles. The van der Waals surface area contributed by atoms with E-state index in [-0.39, 0.29) is 5.76 Å². The topological polar surface area (TPSA) is 68.5 Å². The molecule has 0 spiro atoms. The molecule has 0 bridgehead atoms. The lowest BCUT2D eigenvalue weighted by molar-refractivity contribution is -0.119. The summed E-state index contributed by atoms with van der Waals surface area (Å²) in [6.45, 7) is -0.401. The van der Waals surface area contributed by atoms with Crippen LogP contribution in [0.5, 0.6) is 0 Å². The summed E-state index contributed by atoms with van der Waals surface area (Å²) in [5, 5.41) is 2.77. The lowest BCUT2D eigenvalue weighted by atomic mass is 10.3. The van der Waals surface area contributed by atoms with Gasteiger partial charge in [-0.15, -0.1) is 0 Å². The summed E-state index contributed by atoms with van der Waals surface area (Å²) in [6.07, 6.45) is 0. The maximum absolute atomic E-state index is 12.1. The molecule has 0 saturated carbocycles. The van der Waals surface area contributed by atoms with Gasteiger partial charge in [0.05, 0.1) is 5.69 Å². The fourth-order valence-corrected chi connectivity index (χ4v) is 3.32. The Morgan fingerprint density at radius 3 is 2.46 bits per heavy atom. The highest BCUT2D eigenvalue weighted by atomic mass is 79.9. The Bertz CT molecular complexity index is 911. The van der Waals surface area contributed by atoms with Crippen LogP contribution in [0.4, 0.5) is 5.69 Å². The molecule has 5 nitrogen and oxygen atoms in total. The second-order valence-corrected chi connectivity index (χ2v) is 7.04. The van der Waals surface area contributed by atoms with E-state index in [1.54, 1.807) is 12.1 Å². The zero-order valence-electron chi connectivity index (χ0n) is 13.5. The fraction of sp³-hybridized carbons (Fsp3) is 0.0526. The lowest BCUT2D eigenvalue weighted by Gasteiger charge is -2.10. The van der Waals surface area contributed by atoms with Gasteiger partial charge in [-0.25, -0.2) is 4.79 Å². The lowest BCUT2D eigenvalue weighted by Crippen LogP contribution is -2.21. The number of halogens is 1. The summed E-state index contributed by atoms with van der Waals surface area (Å²) in [4.78, 5) is 25.9. The van der Waals surface area contributed by atoms with Crippen molar-refractivity contribution >= 4 is 45.3 Å². The molecule has 2 aromatic carbocycles. The number of hydrogen-bond acceptors (Lipinski definition) is 5. The molecule has 0 aliphatic rings. The largest absolute Gasteiger partial charge is 0.450 e. The summed E-state index contributed by atoms with van der Waals surface area (Å²) in [6, 6.07) is 20.3. The SMILES string of the molecule is O=C(COC(=O)c1ccc(Br)o1)Nc1ccccc1Sc1ccccc1. The van der Waals surface area contributed by atoms with Gasteiger partial charge in [0.15, 0.2) is 11.3 Å². The van der Waals surface area contributed by atoms with Crippen molar-refractivity contribution in [3.05, 3.63) is 77.2 Å². The number of nitrogens with one attached hydrogen (secondary N) is 1. The van der Waals surface area contributed by atoms with Crippen LogP contribution in [-0.2, 0) is 9.53 Å². The van der Waals surface area contributed by atoms with Crippen molar-refractivity contribution < 1.29 is 18.7 Å². The van der Waals surface area contributed by atoms with Crippen LogP contribution in [-0.4, -0.2) is 18.5 Å². The van der Waals surface area contributed by atoms with Crippen molar-refractivity contribution in [1.82, 2.24) is 0 Å². The highest BCUT2D eigenvalue weighted by Gasteiger charge is 2.15. The van der Waals surface area contributed by atoms with Gasteiger partial charge in [-0.1, -0.05) is 42.1 Å². The molecule has 0 saturated heterocycles. The molecule has 0 aliphatic carbocycles. The van der Waals surface area contributed by atoms with E-state index in [1.165, 1.54) is 17.8 Å². The number of furan rings is 1. The third-order valence-electron chi connectivity index (χ3n) is 3.24. The number of ether oxygens (including phenoxy) is 1. The van der Waals surface area contributed by atoms with Gasteiger partial charge in [0.1, 0.15) is 0 Å². The second-order valence-electron chi connectivity index (χ2n) is 5.14. The van der Waals surface area contributed by atoms with E-state index in [1.807, 2.05) is 48.5 Å². The van der Waals surface area contributed by atoms with Crippen molar-refractivity contribution in [3.8, 4) is 0 Å². The number of hydrogen-bond donors (Lipinski definition) is 1. The normalized spacial score (nSPS) is 10.3. The van der Waals surface area contributed by atoms with E-state index >= 15 is 0 Å². The number of carbonyl (C=O) groups is 2. The number of amides is 1. The molecule has 1 N–H and O–H groups in total. The quantitative estimate of drug-likeness (QED) is 0.556. The van der Waals surface area contributed by atoms with Gasteiger partial charge >= 0.3 is 5.97 Å². The Morgan fingerprint density at radius 1 is 1.00 bits per heavy atom. The van der Waals surface area contributed by atoms with Crippen molar-refractivity contribution in [2.75, 3.05) is 11.9 Å². The Balaban J connectivity index is 1.60. The van der Waals surface area contributed by atoms with Crippen molar-refractivity contribution in [3.63, 3.8) is 0 Å². The molecule has 1 aromatic heterocycles. The maximum Gasteiger partial charge on any atom is 0.374 e. The fourth-order valence-electron chi connectivity index (χ4n) is 2.09. The van der Waals surface area contributed by atoms with E-state index in [4.69, 9.17) is 9.15 Å². The molecule has 3 aromatic rings. The van der Waals surface area contributed by atoms with Crippen LogP contribution in [0.15, 0.2) is 85.6 Å². The average molecular weight is 432 g/mol. The third-order valence-corrected chi connectivity index (χ3v) is 4.75. The molecular formula is C19H14BrNO4S. The van der Waals surface area contributed by atoms with Crippen LogP contribution in [0.2, 0.25) is 0 Å². The molecule has 0 unspecified atom stereocenters. The first-order valence-electron chi connectivity index (χ1n) is 7.66. The van der Waals surface area contributed by atoms with Gasteiger partial charge in [0, 0.05) is 9.79 Å². The number of benzene rings is 2. The first kappa shape index (κ1) is 18.3. The predicted octanol–water partition coefficient (Wildman–Crippen LogP) is 4.99. The number of esters is 1. The van der Waals surface area contributed by atoms with E-state index < -0.39 is 18.5 Å². The van der Waals surface area contributed by atoms with Crippen LogP contribution >= 0.6 is 27.7 Å².